The van der Waals surface area contributed by atoms with Crippen LogP contribution < -0.4 is 26.8 Å². The van der Waals surface area contributed by atoms with Crippen molar-refractivity contribution >= 4 is 44.3 Å². The molecule has 2 unspecified atom stereocenters. The fourth-order valence-electron chi connectivity index (χ4n) is 4.86. The van der Waals surface area contributed by atoms with Crippen molar-refractivity contribution in [2.45, 2.75) is 61.5 Å². The molecule has 2 aromatic rings. The molecule has 1 saturated heterocycles. The van der Waals surface area contributed by atoms with Gasteiger partial charge in [-0.3, -0.25) is 15.0 Å². The molecule has 3 rings (SSSR count). The SMILES string of the molecule is CCCC(N)(C(=O)O)C(=O)[C@H](CC(=O)NCC1CCCN[C@@H]1C(=N)N)NS(=O)(=O)c1ccc2ccccc2c1. The van der Waals surface area contributed by atoms with Crippen molar-refractivity contribution in [3.63, 3.8) is 0 Å². The van der Waals surface area contributed by atoms with Crippen LogP contribution in [0.15, 0.2) is 47.4 Å². The van der Waals surface area contributed by atoms with Crippen molar-refractivity contribution in [1.29, 1.82) is 5.41 Å². The maximum atomic E-state index is 13.4. The number of carbonyl (C=O) groups excluding carboxylic acids is 2. The monoisotopic (exact) mass is 560 g/mol. The third-order valence-electron chi connectivity index (χ3n) is 6.98. The van der Waals surface area contributed by atoms with Crippen molar-refractivity contribution < 1.29 is 27.9 Å². The summed E-state index contributed by atoms with van der Waals surface area (Å²) in [5.74, 6) is -3.62. The number of nitrogens with one attached hydrogen (secondary N) is 4. The van der Waals surface area contributed by atoms with Crippen LogP contribution in [0.3, 0.4) is 0 Å². The average Bonchev–Trinajstić information content (AvgIpc) is 2.90. The van der Waals surface area contributed by atoms with Crippen molar-refractivity contribution in [3.05, 3.63) is 42.5 Å². The molecule has 1 amide bonds. The number of benzene rings is 2. The van der Waals surface area contributed by atoms with Gasteiger partial charge >= 0.3 is 5.97 Å². The fourth-order valence-corrected chi connectivity index (χ4v) is 6.09. The van der Waals surface area contributed by atoms with Crippen LogP contribution in [0.5, 0.6) is 0 Å². The van der Waals surface area contributed by atoms with Crippen LogP contribution in [-0.4, -0.2) is 67.7 Å². The van der Waals surface area contributed by atoms with Crippen LogP contribution in [0.25, 0.3) is 10.8 Å². The predicted octanol–water partition coefficient (Wildman–Crippen LogP) is 0.448. The lowest BCUT2D eigenvalue weighted by atomic mass is 9.85. The maximum absolute atomic E-state index is 13.4. The summed E-state index contributed by atoms with van der Waals surface area (Å²) < 4.78 is 28.9. The Kier molecular flexibility index (Phi) is 9.78. The molecule has 1 aliphatic heterocycles. The number of ketones is 1. The Labute approximate surface area is 227 Å². The Morgan fingerprint density at radius 3 is 2.54 bits per heavy atom. The highest BCUT2D eigenvalue weighted by Gasteiger charge is 2.46. The van der Waals surface area contributed by atoms with Crippen molar-refractivity contribution in [3.8, 4) is 0 Å². The van der Waals surface area contributed by atoms with Gasteiger partial charge in [0.25, 0.3) is 0 Å². The molecule has 1 aliphatic rings. The lowest BCUT2D eigenvalue weighted by Gasteiger charge is -2.32. The van der Waals surface area contributed by atoms with Gasteiger partial charge in [0.05, 0.1) is 23.4 Å². The van der Waals surface area contributed by atoms with Crippen LogP contribution in [0, 0.1) is 11.3 Å². The molecule has 0 saturated carbocycles. The first-order valence-corrected chi connectivity index (χ1v) is 14.3. The Morgan fingerprint density at radius 1 is 1.21 bits per heavy atom. The second kappa shape index (κ2) is 12.6. The minimum absolute atomic E-state index is 0.0564. The Balaban J connectivity index is 1.85. The zero-order valence-electron chi connectivity index (χ0n) is 21.8. The molecular formula is C26H36N6O6S. The first-order chi connectivity index (χ1) is 18.4. The summed E-state index contributed by atoms with van der Waals surface area (Å²) >= 11 is 0. The zero-order valence-corrected chi connectivity index (χ0v) is 22.6. The second-order valence-electron chi connectivity index (χ2n) is 9.87. The molecule has 39 heavy (non-hydrogen) atoms. The number of amides is 1. The van der Waals surface area contributed by atoms with E-state index in [0.717, 1.165) is 11.8 Å². The third kappa shape index (κ3) is 7.18. The van der Waals surface area contributed by atoms with Crippen molar-refractivity contribution in [1.82, 2.24) is 15.4 Å². The van der Waals surface area contributed by atoms with Crippen LogP contribution in [0.2, 0.25) is 0 Å². The van der Waals surface area contributed by atoms with Crippen LogP contribution in [0.1, 0.15) is 39.0 Å². The quantitative estimate of drug-likeness (QED) is 0.103. The van der Waals surface area contributed by atoms with E-state index in [1.807, 2.05) is 12.1 Å². The molecule has 0 radical (unpaired) electrons. The lowest BCUT2D eigenvalue weighted by Crippen LogP contribution is -2.62. The summed E-state index contributed by atoms with van der Waals surface area (Å²) in [4.78, 5) is 38.2. The summed E-state index contributed by atoms with van der Waals surface area (Å²) in [6.07, 6.45) is 0.863. The highest BCUT2D eigenvalue weighted by molar-refractivity contribution is 7.89. The van der Waals surface area contributed by atoms with E-state index in [9.17, 15) is 27.9 Å². The van der Waals surface area contributed by atoms with E-state index in [0.29, 0.717) is 18.4 Å². The first-order valence-electron chi connectivity index (χ1n) is 12.8. The fraction of sp³-hybridized carbons (Fsp3) is 0.462. The minimum atomic E-state index is -4.35. The molecule has 4 atom stereocenters. The number of hydrogen-bond donors (Lipinski definition) is 7. The number of carbonyl (C=O) groups is 3. The number of rotatable bonds is 13. The normalized spacial score (nSPS) is 20.1. The van der Waals surface area contributed by atoms with Gasteiger partial charge in [-0.1, -0.05) is 43.7 Å². The molecule has 12 nitrogen and oxygen atoms in total. The topological polar surface area (TPSA) is 218 Å². The van der Waals surface area contributed by atoms with Gasteiger partial charge in [-0.05, 0) is 54.6 Å². The highest BCUT2D eigenvalue weighted by Crippen LogP contribution is 2.22. The van der Waals surface area contributed by atoms with E-state index in [1.54, 1.807) is 25.1 Å². The predicted molar refractivity (Wildman–Crippen MR) is 147 cm³/mol. The number of fused-ring (bicyclic) bond motifs is 1. The van der Waals surface area contributed by atoms with Gasteiger partial charge in [-0.15, -0.1) is 0 Å². The van der Waals surface area contributed by atoms with E-state index in [4.69, 9.17) is 16.9 Å². The molecule has 1 fully saturated rings. The highest BCUT2D eigenvalue weighted by atomic mass is 32.2. The minimum Gasteiger partial charge on any atom is -0.480 e. The van der Waals surface area contributed by atoms with E-state index in [-0.39, 0.29) is 36.0 Å². The number of amidine groups is 1. The number of nitrogens with two attached hydrogens (primary N) is 2. The molecule has 0 bridgehead atoms. The Hall–Kier alpha value is -3.39. The number of Topliss-reactive ketones (excluding diaryl/α,β-unsaturated/α-hetero) is 1. The molecule has 0 aromatic heterocycles. The standard InChI is InChI=1S/C26H36N6O6S/c1-2-11-26(29,25(35)36)23(34)20(14-21(33)31-15-18-8-5-12-30-22(18)24(27)28)32-39(37,38)19-10-9-16-6-3-4-7-17(16)13-19/h3-4,6-7,9-10,13,18,20,22,30,32H,2,5,8,11-12,14-15,29H2,1H3,(H3,27,28)(H,31,33)(H,35,36)/t18?,20-,22-,26?/m0/s1. The van der Waals surface area contributed by atoms with Gasteiger partial charge in [-0.25, -0.2) is 17.9 Å². The molecule has 13 heteroatoms. The maximum Gasteiger partial charge on any atom is 0.331 e. The van der Waals surface area contributed by atoms with Gasteiger partial charge in [0.2, 0.25) is 15.9 Å². The Bertz CT molecular complexity index is 1350. The first kappa shape index (κ1) is 30.2. The molecule has 0 aliphatic carbocycles. The number of carboxylic acids is 1. The Morgan fingerprint density at radius 2 is 1.90 bits per heavy atom. The lowest BCUT2D eigenvalue weighted by molar-refractivity contribution is -0.149. The van der Waals surface area contributed by atoms with Crippen molar-refractivity contribution in [2.24, 2.45) is 17.4 Å². The second-order valence-corrected chi connectivity index (χ2v) is 11.6. The third-order valence-corrected chi connectivity index (χ3v) is 8.45. The number of aliphatic carboxylic acids is 1. The summed E-state index contributed by atoms with van der Waals surface area (Å²) in [6, 6.07) is 9.35. The van der Waals surface area contributed by atoms with Gasteiger partial charge in [0, 0.05) is 6.54 Å². The number of sulfonamides is 1. The zero-order chi connectivity index (χ0) is 28.8. The molecular weight excluding hydrogens is 524 g/mol. The van der Waals surface area contributed by atoms with Gasteiger partial charge in [-0.2, -0.15) is 0 Å². The summed E-state index contributed by atoms with van der Waals surface area (Å²) in [6.45, 7) is 2.46. The van der Waals surface area contributed by atoms with E-state index < -0.39 is 51.7 Å². The number of hydrogen-bond acceptors (Lipinski definition) is 8. The summed E-state index contributed by atoms with van der Waals surface area (Å²) in [5.41, 5.74) is 9.26. The van der Waals surface area contributed by atoms with E-state index in [1.165, 1.54) is 12.1 Å². The number of carboxylic acid groups (broad SMARTS) is 1. The summed E-state index contributed by atoms with van der Waals surface area (Å²) in [5, 5.41) is 24.8. The van der Waals surface area contributed by atoms with Crippen LogP contribution >= 0.6 is 0 Å². The van der Waals surface area contributed by atoms with Gasteiger partial charge < -0.3 is 27.2 Å². The molecule has 212 valence electrons. The van der Waals surface area contributed by atoms with E-state index >= 15 is 0 Å². The molecule has 2 aromatic carbocycles. The number of piperidine rings is 1. The van der Waals surface area contributed by atoms with E-state index in [2.05, 4.69) is 15.4 Å². The largest absolute Gasteiger partial charge is 0.480 e. The summed E-state index contributed by atoms with van der Waals surface area (Å²) in [7, 11) is -4.35. The van der Waals surface area contributed by atoms with Crippen molar-refractivity contribution in [2.75, 3.05) is 13.1 Å². The van der Waals surface area contributed by atoms with Crippen LogP contribution in [0.4, 0.5) is 0 Å². The molecule has 0 spiro atoms. The van der Waals surface area contributed by atoms with Gasteiger partial charge in [0.15, 0.2) is 11.3 Å². The van der Waals surface area contributed by atoms with Crippen LogP contribution in [-0.2, 0) is 24.4 Å². The average molecular weight is 561 g/mol. The smallest absolute Gasteiger partial charge is 0.331 e. The molecule has 9 N–H and O–H groups in total. The van der Waals surface area contributed by atoms with Gasteiger partial charge in [0.1, 0.15) is 5.84 Å². The molecule has 1 heterocycles.